The summed E-state index contributed by atoms with van der Waals surface area (Å²) in [4.78, 5) is 0. The van der Waals surface area contributed by atoms with Crippen molar-refractivity contribution in [3.63, 3.8) is 0 Å². The van der Waals surface area contributed by atoms with Crippen molar-refractivity contribution in [3.8, 4) is 0 Å². The monoisotopic (exact) mass is 270 g/mol. The van der Waals surface area contributed by atoms with E-state index in [2.05, 4.69) is 11.6 Å². The van der Waals surface area contributed by atoms with Crippen LogP contribution in [0.3, 0.4) is 0 Å². The molecule has 0 saturated carbocycles. The van der Waals surface area contributed by atoms with E-state index in [1.807, 2.05) is 60.7 Å². The summed E-state index contributed by atoms with van der Waals surface area (Å²) in [6.07, 6.45) is 1.47. The average Bonchev–Trinajstić information content (AvgIpc) is 2.87. The van der Waals surface area contributed by atoms with Gasteiger partial charge in [-0.3, -0.25) is 0 Å². The van der Waals surface area contributed by atoms with E-state index in [0.717, 1.165) is 0 Å². The molecule has 2 aromatic carbocycles. The molecule has 0 aliphatic carbocycles. The average molecular weight is 272 g/mol. The van der Waals surface area contributed by atoms with Gasteiger partial charge < -0.3 is 0 Å². The maximum atomic E-state index is 4.64. The van der Waals surface area contributed by atoms with E-state index in [4.69, 9.17) is 0 Å². The Bertz CT molecular complexity index is 149. The minimum absolute atomic E-state index is 0. The Morgan fingerprint density at radius 2 is 0.923 bits per heavy atom. The molecule has 0 atom stereocenters. The van der Waals surface area contributed by atoms with Crippen molar-refractivity contribution in [1.82, 2.24) is 0 Å². The molecule has 0 heterocycles. The van der Waals surface area contributed by atoms with Gasteiger partial charge in [-0.2, -0.15) is 36.4 Å². The maximum Gasteiger partial charge on any atom is 2.00 e. The van der Waals surface area contributed by atoms with Crippen molar-refractivity contribution in [2.24, 2.45) is 0 Å². The molecule has 0 bridgehead atoms. The molecule has 2 aromatic rings. The van der Waals surface area contributed by atoms with Crippen LogP contribution in [0.2, 0.25) is 0 Å². The summed E-state index contributed by atoms with van der Waals surface area (Å²) in [6.45, 7) is 0. The summed E-state index contributed by atoms with van der Waals surface area (Å²) in [5.41, 5.74) is 0. The van der Waals surface area contributed by atoms with Crippen LogP contribution in [0.4, 0.5) is 0 Å². The van der Waals surface area contributed by atoms with Gasteiger partial charge in [0.15, 0.2) is 0 Å². The van der Waals surface area contributed by atoms with Gasteiger partial charge in [0.05, 0.1) is 0 Å². The number of rotatable bonds is 0. The topological polar surface area (TPSA) is 0 Å². The number of alkyl halides is 1. The summed E-state index contributed by atoms with van der Waals surface area (Å²) in [7, 11) is 0. The zero-order valence-electron chi connectivity index (χ0n) is 7.65. The first-order valence-electron chi connectivity index (χ1n) is 3.71. The fourth-order valence-electron chi connectivity index (χ4n) is 0.642. The van der Waals surface area contributed by atoms with Crippen LogP contribution in [0.15, 0.2) is 60.7 Å². The second-order valence-corrected chi connectivity index (χ2v) is 1.92. The van der Waals surface area contributed by atoms with Gasteiger partial charge in [-0.05, 0) is 0 Å². The quantitative estimate of drug-likeness (QED) is 0.507. The van der Waals surface area contributed by atoms with Gasteiger partial charge in [0, 0.05) is 6.38 Å². The van der Waals surface area contributed by atoms with Crippen LogP contribution < -0.4 is 0 Å². The first kappa shape index (κ1) is 15.3. The Balaban J connectivity index is 0. The maximum absolute atomic E-state index is 4.64. The van der Waals surface area contributed by atoms with Gasteiger partial charge >= 0.3 is 26.2 Å². The number of halogens is 1. The molecule has 0 N–H and O–H groups in total. The predicted molar refractivity (Wildman–Crippen MR) is 55.8 cm³/mol. The first-order valence-corrected chi connectivity index (χ1v) is 4.47. The van der Waals surface area contributed by atoms with E-state index in [-0.39, 0.29) is 26.2 Å². The van der Waals surface area contributed by atoms with Gasteiger partial charge in [-0.25, -0.2) is 24.3 Å². The van der Waals surface area contributed by atoms with Crippen molar-refractivity contribution in [3.05, 3.63) is 60.7 Å². The Kier molecular flexibility index (Phi) is 17.0. The van der Waals surface area contributed by atoms with Crippen molar-refractivity contribution < 1.29 is 26.2 Å². The van der Waals surface area contributed by atoms with Crippen LogP contribution in [0, 0.1) is 0 Å². The third-order valence-electron chi connectivity index (χ3n) is 1.11. The van der Waals surface area contributed by atoms with Crippen molar-refractivity contribution in [1.29, 1.82) is 0 Å². The molecule has 0 amide bonds. The fraction of sp³-hybridized carbons (Fsp3) is 0.0909. The van der Waals surface area contributed by atoms with Crippen LogP contribution in [0.5, 0.6) is 0 Å². The Labute approximate surface area is 104 Å². The standard InChI is InChI=1S/2C5H5.CH3Cl.Zr/c2*1-2-4-5-3-1;1-2;/h2*1-5H;1H3;/q2*-1;;+2. The molecule has 0 spiro atoms. The summed E-state index contributed by atoms with van der Waals surface area (Å²) < 4.78 is 0. The number of hydrogen-bond donors (Lipinski definition) is 0. The number of hydrogen-bond acceptors (Lipinski definition) is 0. The summed E-state index contributed by atoms with van der Waals surface area (Å²) in [6, 6.07) is 20.0. The van der Waals surface area contributed by atoms with Crippen molar-refractivity contribution in [2.75, 3.05) is 6.38 Å². The van der Waals surface area contributed by atoms with E-state index < -0.39 is 0 Å². The van der Waals surface area contributed by atoms with Crippen molar-refractivity contribution >= 4 is 11.6 Å². The molecular formula is C11H13ClZr. The summed E-state index contributed by atoms with van der Waals surface area (Å²) in [5, 5.41) is 0. The zero-order valence-corrected chi connectivity index (χ0v) is 10.9. The van der Waals surface area contributed by atoms with Crippen LogP contribution in [0.1, 0.15) is 0 Å². The second-order valence-electron chi connectivity index (χ2n) is 1.92. The van der Waals surface area contributed by atoms with Crippen LogP contribution in [-0.2, 0) is 26.2 Å². The minimum Gasteiger partial charge on any atom is -0.214 e. The van der Waals surface area contributed by atoms with Gasteiger partial charge in [0.2, 0.25) is 0 Å². The molecule has 0 unspecified atom stereocenters. The third kappa shape index (κ3) is 11.9. The zero-order chi connectivity index (χ0) is 9.07. The Morgan fingerprint density at radius 3 is 1.00 bits per heavy atom. The molecule has 68 valence electrons. The molecule has 0 nitrogen and oxygen atoms in total. The van der Waals surface area contributed by atoms with Gasteiger partial charge in [0.25, 0.3) is 0 Å². The van der Waals surface area contributed by atoms with E-state index in [1.165, 1.54) is 6.38 Å². The third-order valence-corrected chi connectivity index (χ3v) is 1.11. The van der Waals surface area contributed by atoms with Gasteiger partial charge in [0.1, 0.15) is 0 Å². The normalized spacial score (nSPS) is 6.62. The van der Waals surface area contributed by atoms with Gasteiger partial charge in [-0.1, -0.05) is 0 Å². The SMILES string of the molecule is CCl.[Zr+2].c1cc[cH-]c1.c1cc[cH-]c1. The van der Waals surface area contributed by atoms with E-state index >= 15 is 0 Å². The largest absolute Gasteiger partial charge is 2.00 e. The first-order chi connectivity index (χ1) is 6.00. The molecule has 0 aromatic heterocycles. The fourth-order valence-corrected chi connectivity index (χ4v) is 0.642. The van der Waals surface area contributed by atoms with Crippen LogP contribution >= 0.6 is 11.6 Å². The Morgan fingerprint density at radius 1 is 0.692 bits per heavy atom. The molecule has 0 aliphatic heterocycles. The molecular weight excluding hydrogens is 259 g/mol. The Hall–Kier alpha value is -0.127. The van der Waals surface area contributed by atoms with E-state index in [1.54, 1.807) is 0 Å². The second kappa shape index (κ2) is 14.4. The summed E-state index contributed by atoms with van der Waals surface area (Å²) >= 11 is 4.64. The van der Waals surface area contributed by atoms with Crippen molar-refractivity contribution in [2.45, 2.75) is 0 Å². The molecule has 0 saturated heterocycles. The predicted octanol–water partition coefficient (Wildman–Crippen LogP) is 3.66. The van der Waals surface area contributed by atoms with E-state index in [0.29, 0.717) is 0 Å². The molecule has 0 fully saturated rings. The molecule has 13 heavy (non-hydrogen) atoms. The van der Waals surface area contributed by atoms with Gasteiger partial charge in [-0.15, -0.1) is 11.6 Å². The van der Waals surface area contributed by atoms with Crippen LogP contribution in [-0.4, -0.2) is 6.38 Å². The molecule has 0 aliphatic rings. The summed E-state index contributed by atoms with van der Waals surface area (Å²) in [5.74, 6) is 0. The molecule has 2 heteroatoms. The minimum atomic E-state index is 0. The molecule has 2 rings (SSSR count). The smallest absolute Gasteiger partial charge is 0.214 e. The molecule has 0 radical (unpaired) electrons. The van der Waals surface area contributed by atoms with Crippen LogP contribution in [0.25, 0.3) is 0 Å². The van der Waals surface area contributed by atoms with E-state index in [9.17, 15) is 0 Å².